The summed E-state index contributed by atoms with van der Waals surface area (Å²) in [6.45, 7) is 10.5. The molecule has 0 aliphatic carbocycles. The average Bonchev–Trinajstić information content (AvgIpc) is 3.59. The van der Waals surface area contributed by atoms with Crippen LogP contribution >= 0.6 is 11.6 Å². The lowest BCUT2D eigenvalue weighted by atomic mass is 10.0. The maximum absolute atomic E-state index is 12.7. The first-order chi connectivity index (χ1) is 19.5. The molecule has 41 heavy (non-hydrogen) atoms. The Balaban J connectivity index is 1.21. The molecule has 2 atom stereocenters. The second-order valence-electron chi connectivity index (χ2n) is 11.6. The molecule has 11 nitrogen and oxygen atoms in total. The molecule has 4 aromatic heterocycles. The number of carbonyl (C=O) groups excluding carboxylic acids is 1. The summed E-state index contributed by atoms with van der Waals surface area (Å²) >= 11 is 6.31. The molecule has 1 amide bonds. The summed E-state index contributed by atoms with van der Waals surface area (Å²) in [6.07, 6.45) is 3.86. The number of rotatable bonds is 6. The number of anilines is 2. The Hall–Kier alpha value is -3.96. The van der Waals surface area contributed by atoms with Gasteiger partial charge in [0.1, 0.15) is 40.4 Å². The number of carbonyl (C=O) groups is 1. The third-order valence-corrected chi connectivity index (χ3v) is 7.24. The number of nitrogens with one attached hydrogen (secondary N) is 1. The SMILES string of the molecule is Cc1cc(Nc2cc3cc(-c4cc(Cl)ncc4OC[C@@]45C[C@@H](CO4)N(C(=O)OC(C)(C)C)C5)ccn3n2)nc(C)n1. The van der Waals surface area contributed by atoms with Crippen LogP contribution in [0.1, 0.15) is 38.7 Å². The summed E-state index contributed by atoms with van der Waals surface area (Å²) in [5, 5.41) is 8.22. The van der Waals surface area contributed by atoms with Crippen molar-refractivity contribution in [3.05, 3.63) is 59.4 Å². The van der Waals surface area contributed by atoms with Gasteiger partial charge in [0.2, 0.25) is 0 Å². The van der Waals surface area contributed by atoms with Crippen molar-refractivity contribution in [1.82, 2.24) is 29.5 Å². The number of pyridine rings is 2. The molecule has 2 bridgehead atoms. The van der Waals surface area contributed by atoms with E-state index in [2.05, 4.69) is 25.4 Å². The lowest BCUT2D eigenvalue weighted by Gasteiger charge is -2.34. The van der Waals surface area contributed by atoms with Crippen molar-refractivity contribution in [2.24, 2.45) is 0 Å². The van der Waals surface area contributed by atoms with Crippen LogP contribution in [-0.4, -0.2) is 72.6 Å². The van der Waals surface area contributed by atoms with Gasteiger partial charge < -0.3 is 19.5 Å². The minimum absolute atomic E-state index is 0.0291. The van der Waals surface area contributed by atoms with Gasteiger partial charge in [-0.15, -0.1) is 0 Å². The molecule has 12 heteroatoms. The van der Waals surface area contributed by atoms with Gasteiger partial charge in [-0.2, -0.15) is 5.10 Å². The molecule has 0 saturated carbocycles. The van der Waals surface area contributed by atoms with Crippen molar-refractivity contribution in [1.29, 1.82) is 0 Å². The molecule has 0 unspecified atom stereocenters. The van der Waals surface area contributed by atoms with Crippen LogP contribution in [0.3, 0.4) is 0 Å². The smallest absolute Gasteiger partial charge is 0.410 e. The van der Waals surface area contributed by atoms with Crippen molar-refractivity contribution < 1.29 is 19.0 Å². The largest absolute Gasteiger partial charge is 0.488 e. The van der Waals surface area contributed by atoms with E-state index in [0.29, 0.717) is 47.9 Å². The number of amides is 1. The first kappa shape index (κ1) is 27.2. The first-order valence-corrected chi connectivity index (χ1v) is 13.8. The Labute approximate surface area is 242 Å². The molecular weight excluding hydrogens is 546 g/mol. The van der Waals surface area contributed by atoms with Crippen LogP contribution in [0, 0.1) is 13.8 Å². The summed E-state index contributed by atoms with van der Waals surface area (Å²) in [5.41, 5.74) is 2.26. The van der Waals surface area contributed by atoms with E-state index < -0.39 is 11.2 Å². The maximum atomic E-state index is 12.7. The Kier molecular flexibility index (Phi) is 6.74. The zero-order chi connectivity index (χ0) is 28.9. The zero-order valence-corrected chi connectivity index (χ0v) is 24.4. The molecule has 6 heterocycles. The summed E-state index contributed by atoms with van der Waals surface area (Å²) in [5.74, 6) is 2.60. The third kappa shape index (κ3) is 5.77. The highest BCUT2D eigenvalue weighted by Crippen LogP contribution is 2.40. The Bertz CT molecular complexity index is 1620. The number of aryl methyl sites for hydroxylation is 2. The van der Waals surface area contributed by atoms with Crippen molar-refractivity contribution in [3.8, 4) is 16.9 Å². The van der Waals surface area contributed by atoms with Gasteiger partial charge in [-0.05, 0) is 58.4 Å². The number of halogens is 1. The maximum Gasteiger partial charge on any atom is 0.410 e. The summed E-state index contributed by atoms with van der Waals surface area (Å²) < 4.78 is 19.8. The minimum atomic E-state index is -0.605. The number of likely N-dealkylation sites (tertiary alicyclic amines) is 1. The van der Waals surface area contributed by atoms with Gasteiger partial charge in [0, 0.05) is 36.0 Å². The van der Waals surface area contributed by atoms with Crippen LogP contribution in [0.15, 0.2) is 42.7 Å². The van der Waals surface area contributed by atoms with Gasteiger partial charge in [0.15, 0.2) is 5.82 Å². The Morgan fingerprint density at radius 3 is 2.80 bits per heavy atom. The van der Waals surface area contributed by atoms with E-state index in [1.165, 1.54) is 0 Å². The van der Waals surface area contributed by atoms with E-state index >= 15 is 0 Å². The minimum Gasteiger partial charge on any atom is -0.488 e. The van der Waals surface area contributed by atoms with Gasteiger partial charge in [0.05, 0.1) is 30.9 Å². The molecule has 0 spiro atoms. The van der Waals surface area contributed by atoms with Crippen LogP contribution in [0.4, 0.5) is 16.4 Å². The van der Waals surface area contributed by atoms with Crippen LogP contribution in [0.2, 0.25) is 5.15 Å². The normalized spacial score (nSPS) is 20.0. The third-order valence-electron chi connectivity index (χ3n) is 7.04. The number of morpholine rings is 1. The predicted molar refractivity (Wildman–Crippen MR) is 154 cm³/mol. The van der Waals surface area contributed by atoms with Gasteiger partial charge >= 0.3 is 6.09 Å². The van der Waals surface area contributed by atoms with Crippen molar-refractivity contribution in [3.63, 3.8) is 0 Å². The van der Waals surface area contributed by atoms with Crippen LogP contribution in [-0.2, 0) is 9.47 Å². The molecule has 2 saturated heterocycles. The monoisotopic (exact) mass is 577 g/mol. The second kappa shape index (κ2) is 10.1. The van der Waals surface area contributed by atoms with Gasteiger partial charge in [-0.3, -0.25) is 4.90 Å². The predicted octanol–water partition coefficient (Wildman–Crippen LogP) is 5.36. The summed E-state index contributed by atoms with van der Waals surface area (Å²) in [6, 6.07) is 9.52. The standard InChI is InChI=1S/C29H32ClN7O4/c1-17-8-25(33-18(2)32-17)34-26-10-20-9-19(6-7-37(20)35-26)22-11-24(30)31-13-23(22)39-16-29-12-21(14-40-29)36(15-29)27(38)41-28(3,4)5/h6-11,13,21H,12,14-16H2,1-5H3,(H,32,33,34,35)/t21-,29-/m0/s1. The van der Waals surface area contributed by atoms with Gasteiger partial charge in [0.25, 0.3) is 0 Å². The number of aromatic nitrogens is 5. The van der Waals surface area contributed by atoms with Crippen molar-refractivity contribution in [2.45, 2.75) is 58.3 Å². The molecule has 0 aromatic carbocycles. The van der Waals surface area contributed by atoms with Gasteiger partial charge in [-0.25, -0.2) is 24.3 Å². The molecule has 2 fully saturated rings. The Morgan fingerprint density at radius 2 is 2.02 bits per heavy atom. The number of ether oxygens (including phenoxy) is 3. The number of nitrogens with zero attached hydrogens (tertiary/aromatic N) is 6. The summed E-state index contributed by atoms with van der Waals surface area (Å²) in [7, 11) is 0. The van der Waals surface area contributed by atoms with E-state index in [1.54, 1.807) is 21.7 Å². The number of hydrogen-bond acceptors (Lipinski definition) is 9. The van der Waals surface area contributed by atoms with E-state index in [1.807, 2.05) is 65.1 Å². The van der Waals surface area contributed by atoms with E-state index in [-0.39, 0.29) is 18.7 Å². The van der Waals surface area contributed by atoms with Crippen molar-refractivity contribution >= 4 is 34.8 Å². The van der Waals surface area contributed by atoms with E-state index in [4.69, 9.17) is 25.8 Å². The van der Waals surface area contributed by atoms with Crippen LogP contribution in [0.5, 0.6) is 5.75 Å². The zero-order valence-electron chi connectivity index (χ0n) is 23.6. The molecule has 2 aliphatic heterocycles. The quantitative estimate of drug-likeness (QED) is 0.302. The molecule has 1 N–H and O–H groups in total. The lowest BCUT2D eigenvalue weighted by molar-refractivity contribution is -0.0708. The number of hydrogen-bond donors (Lipinski definition) is 1. The van der Waals surface area contributed by atoms with E-state index in [0.717, 1.165) is 22.3 Å². The highest BCUT2D eigenvalue weighted by Gasteiger charge is 2.54. The molecule has 6 rings (SSSR count). The van der Waals surface area contributed by atoms with E-state index in [9.17, 15) is 4.79 Å². The molecule has 214 valence electrons. The number of fused-ring (bicyclic) bond motifs is 3. The average molecular weight is 578 g/mol. The van der Waals surface area contributed by atoms with Crippen LogP contribution in [0.25, 0.3) is 16.6 Å². The fourth-order valence-electron chi connectivity index (χ4n) is 5.35. The first-order valence-electron chi connectivity index (χ1n) is 13.5. The highest BCUT2D eigenvalue weighted by atomic mass is 35.5. The molecule has 2 aliphatic rings. The molecule has 4 aromatic rings. The van der Waals surface area contributed by atoms with Gasteiger partial charge in [-0.1, -0.05) is 11.6 Å². The highest BCUT2D eigenvalue weighted by molar-refractivity contribution is 6.29. The summed E-state index contributed by atoms with van der Waals surface area (Å²) in [4.78, 5) is 27.5. The topological polar surface area (TPSA) is 116 Å². The fraction of sp³-hybridized carbons (Fsp3) is 0.414. The van der Waals surface area contributed by atoms with Crippen molar-refractivity contribution in [2.75, 3.05) is 25.1 Å². The lowest BCUT2D eigenvalue weighted by Crippen LogP contribution is -2.49. The van der Waals surface area contributed by atoms with Crippen LogP contribution < -0.4 is 10.1 Å². The fourth-order valence-corrected chi connectivity index (χ4v) is 5.51. The Morgan fingerprint density at radius 1 is 1.20 bits per heavy atom. The molecule has 0 radical (unpaired) electrons. The second-order valence-corrected chi connectivity index (χ2v) is 12.0. The molecular formula is C29H32ClN7O4.